The van der Waals surface area contributed by atoms with Crippen molar-refractivity contribution < 1.29 is 18.3 Å². The highest BCUT2D eigenvalue weighted by Crippen LogP contribution is 2.36. The van der Waals surface area contributed by atoms with Gasteiger partial charge in [0.2, 0.25) is 0 Å². The quantitative estimate of drug-likeness (QED) is 0.479. The second-order valence-electron chi connectivity index (χ2n) is 11.8. The van der Waals surface area contributed by atoms with E-state index < -0.39 is 11.1 Å². The van der Waals surface area contributed by atoms with Crippen molar-refractivity contribution in [1.29, 1.82) is 0 Å². The Morgan fingerprint density at radius 2 is 1.89 bits per heavy atom. The van der Waals surface area contributed by atoms with Crippen molar-refractivity contribution in [2.45, 2.75) is 83.6 Å². The van der Waals surface area contributed by atoms with E-state index in [1.54, 1.807) is 6.07 Å². The minimum absolute atomic E-state index is 0.00837. The second kappa shape index (κ2) is 10.2. The maximum absolute atomic E-state index is 13.3. The van der Waals surface area contributed by atoms with Gasteiger partial charge in [-0.15, -0.1) is 0 Å². The van der Waals surface area contributed by atoms with Crippen molar-refractivity contribution in [2.24, 2.45) is 11.3 Å². The van der Waals surface area contributed by atoms with E-state index in [4.69, 9.17) is 4.74 Å². The average molecular weight is 501 g/mol. The highest BCUT2D eigenvalue weighted by molar-refractivity contribution is 7.79. The molecule has 1 aliphatic carbocycles. The van der Waals surface area contributed by atoms with Crippen LogP contribution in [0.1, 0.15) is 81.4 Å². The average Bonchev–Trinajstić information content (AvgIpc) is 3.12. The van der Waals surface area contributed by atoms with Gasteiger partial charge in [-0.05, 0) is 60.4 Å². The van der Waals surface area contributed by atoms with E-state index in [1.165, 1.54) is 32.1 Å². The summed E-state index contributed by atoms with van der Waals surface area (Å²) in [5, 5.41) is 3.13. The van der Waals surface area contributed by atoms with Crippen molar-refractivity contribution in [2.75, 3.05) is 19.8 Å². The van der Waals surface area contributed by atoms with E-state index >= 15 is 0 Å². The Morgan fingerprint density at radius 1 is 1.20 bits per heavy atom. The monoisotopic (exact) mass is 500 g/mol. The van der Waals surface area contributed by atoms with E-state index in [0.29, 0.717) is 36.1 Å². The van der Waals surface area contributed by atoms with Gasteiger partial charge in [-0.3, -0.25) is 4.79 Å². The zero-order chi connectivity index (χ0) is 25.4. The maximum Gasteiger partial charge on any atom is 0.253 e. The number of carbonyl (C=O) groups is 1. The minimum Gasteiger partial charge on any atom is -0.380 e. The number of hydrogen-bond acceptors (Lipinski definition) is 3. The van der Waals surface area contributed by atoms with E-state index in [0.717, 1.165) is 29.1 Å². The fourth-order valence-electron chi connectivity index (χ4n) is 5.35. The first-order chi connectivity index (χ1) is 16.5. The molecule has 1 unspecified atom stereocenters. The van der Waals surface area contributed by atoms with E-state index in [9.17, 15) is 13.6 Å². The normalized spacial score (nSPS) is 19.3. The van der Waals surface area contributed by atoms with Crippen LogP contribution in [0.2, 0.25) is 0 Å². The Bertz CT molecular complexity index is 1100. The fraction of sp³-hybridized carbons (Fsp3) is 0.607. The fourth-order valence-corrected chi connectivity index (χ4v) is 6.08. The third-order valence-corrected chi connectivity index (χ3v) is 8.36. The first-order valence-electron chi connectivity index (χ1n) is 12.8. The van der Waals surface area contributed by atoms with Gasteiger partial charge in [0.15, 0.2) is 11.1 Å². The zero-order valence-corrected chi connectivity index (χ0v) is 22.6. The van der Waals surface area contributed by atoms with Crippen LogP contribution in [0.5, 0.6) is 0 Å². The summed E-state index contributed by atoms with van der Waals surface area (Å²) in [6.07, 6.45) is 6.26. The molecule has 2 N–H and O–H groups in total. The largest absolute Gasteiger partial charge is 0.380 e. The van der Waals surface area contributed by atoms with Crippen LogP contribution in [0.25, 0.3) is 11.3 Å². The number of amides is 1. The Kier molecular flexibility index (Phi) is 7.60. The van der Waals surface area contributed by atoms with Gasteiger partial charge in [-0.2, -0.15) is 0 Å². The van der Waals surface area contributed by atoms with Gasteiger partial charge >= 0.3 is 0 Å². The lowest BCUT2D eigenvalue weighted by molar-refractivity contribution is -0.0978. The van der Waals surface area contributed by atoms with Gasteiger partial charge in [0.1, 0.15) is 0 Å². The summed E-state index contributed by atoms with van der Waals surface area (Å²) in [6.45, 7) is 13.2. The van der Waals surface area contributed by atoms with Gasteiger partial charge in [0.25, 0.3) is 5.91 Å². The molecule has 1 saturated heterocycles. The van der Waals surface area contributed by atoms with Gasteiger partial charge in [-0.25, -0.2) is 4.21 Å². The Morgan fingerprint density at radius 3 is 2.46 bits per heavy atom. The molecule has 2 aromatic rings. The Balaban J connectivity index is 1.73. The number of carbonyl (C=O) groups excluding carboxylic acids is 1. The smallest absolute Gasteiger partial charge is 0.253 e. The summed E-state index contributed by atoms with van der Waals surface area (Å²) < 4.78 is 29.5. The molecule has 2 fully saturated rings. The summed E-state index contributed by atoms with van der Waals surface area (Å²) in [7, 11) is 0. The van der Waals surface area contributed by atoms with Gasteiger partial charge in [0.05, 0.1) is 23.7 Å². The SMILES string of the molecule is Cc1c(C(=O)NCC2(C)COC2)cc(-c2ccc(S(=O)O)c(C(C)(C)C)c2)n1CC1CCCCC1. The Hall–Kier alpha value is -1.96. The molecule has 0 radical (unpaired) electrons. The van der Waals surface area contributed by atoms with Gasteiger partial charge < -0.3 is 19.2 Å². The summed E-state index contributed by atoms with van der Waals surface area (Å²) in [5.74, 6) is 0.547. The van der Waals surface area contributed by atoms with Gasteiger partial charge in [-0.1, -0.05) is 53.0 Å². The van der Waals surface area contributed by atoms with Crippen LogP contribution in [-0.4, -0.2) is 39.0 Å². The first-order valence-corrected chi connectivity index (χ1v) is 13.9. The summed E-state index contributed by atoms with van der Waals surface area (Å²) in [4.78, 5) is 13.7. The van der Waals surface area contributed by atoms with E-state index in [-0.39, 0.29) is 16.7 Å². The third kappa shape index (κ3) is 5.73. The molecule has 1 aliphatic heterocycles. The molecular weight excluding hydrogens is 460 g/mol. The van der Waals surface area contributed by atoms with Crippen molar-refractivity contribution in [3.63, 3.8) is 0 Å². The number of nitrogens with one attached hydrogen (secondary N) is 1. The molecule has 192 valence electrons. The predicted molar refractivity (Wildman–Crippen MR) is 140 cm³/mol. The lowest BCUT2D eigenvalue weighted by Crippen LogP contribution is -2.48. The second-order valence-corrected chi connectivity index (χ2v) is 12.8. The molecule has 1 aromatic heterocycles. The molecular formula is C28H40N2O4S. The lowest BCUT2D eigenvalue weighted by Gasteiger charge is -2.38. The number of hydrogen-bond donors (Lipinski definition) is 2. The number of ether oxygens (including phenoxy) is 1. The van der Waals surface area contributed by atoms with Crippen LogP contribution in [-0.2, 0) is 27.8 Å². The number of aromatic nitrogens is 1. The molecule has 6 nitrogen and oxygen atoms in total. The minimum atomic E-state index is -2.06. The number of benzene rings is 1. The molecule has 1 amide bonds. The van der Waals surface area contributed by atoms with Crippen molar-refractivity contribution >= 4 is 17.0 Å². The molecule has 1 aromatic carbocycles. The van der Waals surface area contributed by atoms with Crippen LogP contribution in [0.4, 0.5) is 0 Å². The molecule has 0 spiro atoms. The molecule has 35 heavy (non-hydrogen) atoms. The number of nitrogens with zero attached hydrogens (tertiary/aromatic N) is 1. The van der Waals surface area contributed by atoms with E-state index in [2.05, 4.69) is 37.6 Å². The summed E-state index contributed by atoms with van der Waals surface area (Å²) >= 11 is -2.06. The molecule has 4 rings (SSSR count). The third-order valence-electron chi connectivity index (χ3n) is 7.62. The first kappa shape index (κ1) is 26.1. The van der Waals surface area contributed by atoms with Gasteiger partial charge in [0, 0.05) is 29.9 Å². The molecule has 0 bridgehead atoms. The molecule has 2 aliphatic rings. The number of rotatable bonds is 7. The molecule has 7 heteroatoms. The van der Waals surface area contributed by atoms with Crippen molar-refractivity contribution in [3.05, 3.63) is 41.1 Å². The van der Waals surface area contributed by atoms with Crippen molar-refractivity contribution in [3.8, 4) is 11.3 Å². The summed E-state index contributed by atoms with van der Waals surface area (Å²) in [5.41, 5.74) is 4.22. The highest BCUT2D eigenvalue weighted by atomic mass is 32.2. The molecule has 1 atom stereocenters. The van der Waals surface area contributed by atoms with Crippen molar-refractivity contribution in [1.82, 2.24) is 9.88 Å². The van der Waals surface area contributed by atoms with Crippen LogP contribution in [0, 0.1) is 18.3 Å². The Labute approximate surface area is 212 Å². The topological polar surface area (TPSA) is 80.6 Å². The molecule has 2 heterocycles. The van der Waals surface area contributed by atoms with Crippen LogP contribution >= 0.6 is 0 Å². The van der Waals surface area contributed by atoms with E-state index in [1.807, 2.05) is 25.1 Å². The van der Waals surface area contributed by atoms with Crippen LogP contribution in [0.15, 0.2) is 29.2 Å². The van der Waals surface area contributed by atoms with Crippen LogP contribution < -0.4 is 5.32 Å². The predicted octanol–water partition coefficient (Wildman–Crippen LogP) is 5.69. The standard InChI is InChI=1S/C28H40N2O4S/c1-19-22(26(31)29-16-28(5)17-34-18-28)14-24(30(19)15-20-9-7-6-8-10-20)21-11-12-25(35(32)33)23(13-21)27(2,3)4/h11-14,20H,6-10,15-18H2,1-5H3,(H,29,31)(H,32,33). The maximum atomic E-state index is 13.3. The lowest BCUT2D eigenvalue weighted by atomic mass is 9.85. The van der Waals surface area contributed by atoms with Crippen LogP contribution in [0.3, 0.4) is 0 Å². The highest BCUT2D eigenvalue weighted by Gasteiger charge is 2.34. The summed E-state index contributed by atoms with van der Waals surface area (Å²) in [6, 6.07) is 7.71. The molecule has 1 saturated carbocycles. The zero-order valence-electron chi connectivity index (χ0n) is 21.8.